The van der Waals surface area contributed by atoms with Crippen molar-refractivity contribution in [2.24, 2.45) is 5.73 Å². The van der Waals surface area contributed by atoms with Gasteiger partial charge in [0.05, 0.1) is 5.02 Å². The van der Waals surface area contributed by atoms with Crippen molar-refractivity contribution in [3.63, 3.8) is 0 Å². The molecule has 2 aromatic carbocycles. The normalized spacial score (nSPS) is 10.3. The van der Waals surface area contributed by atoms with E-state index in [4.69, 9.17) is 34.3 Å². The zero-order valence-electron chi connectivity index (χ0n) is 10.2. The summed E-state index contributed by atoms with van der Waals surface area (Å²) >= 11 is 10.6. The van der Waals surface area contributed by atoms with E-state index in [1.54, 1.807) is 0 Å². The average Bonchev–Trinajstić information content (AvgIpc) is 2.39. The van der Waals surface area contributed by atoms with E-state index in [0.29, 0.717) is 5.56 Å². The van der Waals surface area contributed by atoms with E-state index in [9.17, 15) is 8.78 Å². The van der Waals surface area contributed by atoms with Gasteiger partial charge in [0.2, 0.25) is 0 Å². The van der Waals surface area contributed by atoms with Crippen LogP contribution in [0.1, 0.15) is 11.1 Å². The van der Waals surface area contributed by atoms with E-state index in [1.165, 1.54) is 30.3 Å². The second kappa shape index (κ2) is 6.15. The summed E-state index contributed by atoms with van der Waals surface area (Å²) in [7, 11) is 0. The summed E-state index contributed by atoms with van der Waals surface area (Å²) < 4.78 is 31.9. The Bertz CT molecular complexity index is 664. The predicted octanol–water partition coefficient (Wildman–Crippen LogP) is 3.83. The Labute approximate surface area is 125 Å². The molecule has 0 aliphatic rings. The maximum Gasteiger partial charge on any atom is 0.138 e. The zero-order chi connectivity index (χ0) is 14.7. The Balaban J connectivity index is 2.18. The first kappa shape index (κ1) is 14.7. The summed E-state index contributed by atoms with van der Waals surface area (Å²) in [5.41, 5.74) is 6.32. The average molecular weight is 314 g/mol. The molecule has 0 atom stereocenters. The third-order valence-corrected chi connectivity index (χ3v) is 3.14. The number of hydrogen-bond donors (Lipinski definition) is 1. The fourth-order valence-corrected chi connectivity index (χ4v) is 1.94. The molecular formula is C14H10ClF2NOS. The summed E-state index contributed by atoms with van der Waals surface area (Å²) in [5, 5.41) is 0.121. The van der Waals surface area contributed by atoms with E-state index in [2.05, 4.69) is 0 Å². The van der Waals surface area contributed by atoms with Crippen LogP contribution in [-0.4, -0.2) is 4.99 Å². The maximum atomic E-state index is 13.6. The van der Waals surface area contributed by atoms with Crippen LogP contribution in [0.3, 0.4) is 0 Å². The molecule has 0 spiro atoms. The molecule has 0 saturated heterocycles. The van der Waals surface area contributed by atoms with Crippen molar-refractivity contribution in [3.8, 4) is 5.75 Å². The van der Waals surface area contributed by atoms with Gasteiger partial charge in [0, 0.05) is 11.1 Å². The van der Waals surface area contributed by atoms with Crippen LogP contribution in [0.5, 0.6) is 5.75 Å². The van der Waals surface area contributed by atoms with Gasteiger partial charge in [-0.25, -0.2) is 8.78 Å². The first-order chi connectivity index (χ1) is 9.47. The molecule has 0 heterocycles. The van der Waals surface area contributed by atoms with Crippen molar-refractivity contribution in [2.45, 2.75) is 6.61 Å². The first-order valence-corrected chi connectivity index (χ1v) is 6.42. The summed E-state index contributed by atoms with van der Waals surface area (Å²) in [6.07, 6.45) is 0. The molecule has 0 bridgehead atoms. The second-order valence-electron chi connectivity index (χ2n) is 4.03. The largest absolute Gasteiger partial charge is 0.487 e. The number of rotatable bonds is 4. The molecule has 6 heteroatoms. The molecule has 2 rings (SSSR count). The lowest BCUT2D eigenvalue weighted by Gasteiger charge is -2.10. The molecule has 0 aliphatic carbocycles. The van der Waals surface area contributed by atoms with Crippen LogP contribution >= 0.6 is 23.8 Å². The molecule has 2 nitrogen and oxygen atoms in total. The summed E-state index contributed by atoms with van der Waals surface area (Å²) in [4.78, 5) is 0.172. The molecule has 0 amide bonds. The molecule has 0 radical (unpaired) electrons. The molecule has 20 heavy (non-hydrogen) atoms. The minimum atomic E-state index is -0.469. The van der Waals surface area contributed by atoms with Gasteiger partial charge in [0.15, 0.2) is 0 Å². The van der Waals surface area contributed by atoms with Crippen molar-refractivity contribution in [1.29, 1.82) is 0 Å². The van der Waals surface area contributed by atoms with Crippen LogP contribution in [0.25, 0.3) is 0 Å². The van der Waals surface area contributed by atoms with Crippen molar-refractivity contribution in [2.75, 3.05) is 0 Å². The highest BCUT2D eigenvalue weighted by Crippen LogP contribution is 2.26. The molecule has 0 aromatic heterocycles. The molecule has 0 fully saturated rings. The van der Waals surface area contributed by atoms with E-state index in [-0.39, 0.29) is 27.9 Å². The second-order valence-corrected chi connectivity index (χ2v) is 4.88. The third kappa shape index (κ3) is 3.43. The van der Waals surface area contributed by atoms with Crippen molar-refractivity contribution >= 4 is 28.8 Å². The molecule has 0 unspecified atom stereocenters. The fourth-order valence-electron chi connectivity index (χ4n) is 1.59. The Kier molecular flexibility index (Phi) is 4.52. The van der Waals surface area contributed by atoms with E-state index < -0.39 is 11.6 Å². The zero-order valence-corrected chi connectivity index (χ0v) is 11.8. The Hall–Kier alpha value is -1.72. The lowest BCUT2D eigenvalue weighted by atomic mass is 10.1. The first-order valence-electron chi connectivity index (χ1n) is 5.63. The number of halogens is 3. The molecule has 0 aliphatic heterocycles. The standard InChI is InChI=1S/C14H10ClF2NOS/c15-11-6-10(16)2-4-13(11)19-7-9-5-8(14(18)20)1-3-12(9)17/h1-6H,7H2,(H2,18,20). The summed E-state index contributed by atoms with van der Waals surface area (Å²) in [6.45, 7) is -0.0619. The predicted molar refractivity (Wildman–Crippen MR) is 78.0 cm³/mol. The lowest BCUT2D eigenvalue weighted by molar-refractivity contribution is 0.299. The number of thiocarbonyl (C=S) groups is 1. The van der Waals surface area contributed by atoms with Crippen molar-refractivity contribution in [1.82, 2.24) is 0 Å². The summed E-state index contributed by atoms with van der Waals surface area (Å²) in [6, 6.07) is 7.98. The molecule has 104 valence electrons. The Morgan fingerprint density at radius 3 is 2.60 bits per heavy atom. The Morgan fingerprint density at radius 1 is 1.20 bits per heavy atom. The smallest absolute Gasteiger partial charge is 0.138 e. The van der Waals surface area contributed by atoms with Crippen molar-refractivity contribution < 1.29 is 13.5 Å². The maximum absolute atomic E-state index is 13.6. The number of hydrogen-bond acceptors (Lipinski definition) is 2. The van der Waals surface area contributed by atoms with Gasteiger partial charge in [-0.15, -0.1) is 0 Å². The van der Waals surface area contributed by atoms with Gasteiger partial charge in [-0.2, -0.15) is 0 Å². The number of benzene rings is 2. The Morgan fingerprint density at radius 2 is 1.95 bits per heavy atom. The molecular weight excluding hydrogens is 304 g/mol. The minimum Gasteiger partial charge on any atom is -0.487 e. The highest BCUT2D eigenvalue weighted by atomic mass is 35.5. The van der Waals surface area contributed by atoms with Gasteiger partial charge in [0.1, 0.15) is 29.0 Å². The van der Waals surface area contributed by atoms with Gasteiger partial charge in [-0.3, -0.25) is 0 Å². The van der Waals surface area contributed by atoms with Crippen LogP contribution < -0.4 is 10.5 Å². The van der Waals surface area contributed by atoms with Crippen LogP contribution in [0.15, 0.2) is 36.4 Å². The lowest BCUT2D eigenvalue weighted by Crippen LogP contribution is -2.10. The fraction of sp³-hybridized carbons (Fsp3) is 0.0714. The minimum absolute atomic E-state index is 0.0619. The molecule has 0 saturated carbocycles. The highest BCUT2D eigenvalue weighted by molar-refractivity contribution is 7.80. The van der Waals surface area contributed by atoms with Gasteiger partial charge in [-0.05, 0) is 36.4 Å². The summed E-state index contributed by atoms with van der Waals surface area (Å²) in [5.74, 6) is -0.638. The van der Waals surface area contributed by atoms with Gasteiger partial charge in [-0.1, -0.05) is 23.8 Å². The van der Waals surface area contributed by atoms with Gasteiger partial charge < -0.3 is 10.5 Å². The SMILES string of the molecule is NC(=S)c1ccc(F)c(COc2ccc(F)cc2Cl)c1. The monoisotopic (exact) mass is 313 g/mol. The number of ether oxygens (including phenoxy) is 1. The highest BCUT2D eigenvalue weighted by Gasteiger charge is 2.08. The van der Waals surface area contributed by atoms with Gasteiger partial charge >= 0.3 is 0 Å². The van der Waals surface area contributed by atoms with Crippen LogP contribution in [0.2, 0.25) is 5.02 Å². The quantitative estimate of drug-likeness (QED) is 0.871. The van der Waals surface area contributed by atoms with Crippen LogP contribution in [0.4, 0.5) is 8.78 Å². The number of nitrogens with two attached hydrogens (primary N) is 1. The molecule has 2 aromatic rings. The van der Waals surface area contributed by atoms with E-state index in [1.807, 2.05) is 0 Å². The van der Waals surface area contributed by atoms with Gasteiger partial charge in [0.25, 0.3) is 0 Å². The molecule has 2 N–H and O–H groups in total. The van der Waals surface area contributed by atoms with Crippen LogP contribution in [-0.2, 0) is 6.61 Å². The van der Waals surface area contributed by atoms with Crippen molar-refractivity contribution in [3.05, 3.63) is 64.2 Å². The topological polar surface area (TPSA) is 35.2 Å². The van der Waals surface area contributed by atoms with E-state index in [0.717, 1.165) is 6.07 Å². The van der Waals surface area contributed by atoms with Crippen LogP contribution in [0, 0.1) is 11.6 Å². The third-order valence-electron chi connectivity index (χ3n) is 2.61. The van der Waals surface area contributed by atoms with E-state index >= 15 is 0 Å².